The third-order valence-corrected chi connectivity index (χ3v) is 4.71. The fourth-order valence-corrected chi connectivity index (χ4v) is 3.09. The highest BCUT2D eigenvalue weighted by atomic mass is 32.2. The SMILES string of the molecule is C[C@H](Sc1nnc(-c2cccs2)o1)C(=O)Nc1ccccc1F. The maximum atomic E-state index is 13.5. The molecule has 5 nitrogen and oxygen atoms in total. The topological polar surface area (TPSA) is 68.0 Å². The standard InChI is InChI=1S/C15H12FN3O2S2/c1-9(13(20)17-11-6-3-2-5-10(11)16)23-15-19-18-14(21-15)12-7-4-8-22-12/h2-9H,1H3,(H,17,20)/t9-/m0/s1. The number of para-hydroxylation sites is 1. The summed E-state index contributed by atoms with van der Waals surface area (Å²) < 4.78 is 19.1. The molecule has 3 aromatic rings. The normalized spacial score (nSPS) is 12.1. The van der Waals surface area contributed by atoms with Crippen molar-refractivity contribution >= 4 is 34.7 Å². The van der Waals surface area contributed by atoms with Gasteiger partial charge in [0.1, 0.15) is 5.82 Å². The predicted molar refractivity (Wildman–Crippen MR) is 88.0 cm³/mol. The average Bonchev–Trinajstić information content (AvgIpc) is 3.20. The predicted octanol–water partition coefficient (Wildman–Crippen LogP) is 4.06. The number of carbonyl (C=O) groups is 1. The summed E-state index contributed by atoms with van der Waals surface area (Å²) in [4.78, 5) is 13.0. The Balaban J connectivity index is 1.64. The second-order valence-electron chi connectivity index (χ2n) is 4.58. The van der Waals surface area contributed by atoms with Crippen molar-refractivity contribution < 1.29 is 13.6 Å². The first-order valence-electron chi connectivity index (χ1n) is 6.73. The second kappa shape index (κ2) is 6.93. The monoisotopic (exact) mass is 349 g/mol. The summed E-state index contributed by atoms with van der Waals surface area (Å²) in [6, 6.07) is 9.78. The lowest BCUT2D eigenvalue weighted by atomic mass is 10.3. The number of hydrogen-bond donors (Lipinski definition) is 1. The first-order valence-corrected chi connectivity index (χ1v) is 8.49. The molecule has 0 aliphatic heterocycles. The molecule has 1 atom stereocenters. The molecular weight excluding hydrogens is 337 g/mol. The van der Waals surface area contributed by atoms with Crippen molar-refractivity contribution in [2.24, 2.45) is 0 Å². The van der Waals surface area contributed by atoms with Crippen LogP contribution in [0.1, 0.15) is 6.92 Å². The number of thiophene rings is 1. The first-order chi connectivity index (χ1) is 11.1. The van der Waals surface area contributed by atoms with Crippen LogP contribution >= 0.6 is 23.1 Å². The van der Waals surface area contributed by atoms with Gasteiger partial charge in [-0.1, -0.05) is 30.0 Å². The van der Waals surface area contributed by atoms with Crippen molar-refractivity contribution in [1.82, 2.24) is 10.2 Å². The highest BCUT2D eigenvalue weighted by molar-refractivity contribution is 8.00. The van der Waals surface area contributed by atoms with Crippen LogP contribution in [0.5, 0.6) is 0 Å². The van der Waals surface area contributed by atoms with Gasteiger partial charge in [-0.15, -0.1) is 21.5 Å². The summed E-state index contributed by atoms with van der Waals surface area (Å²) >= 11 is 2.62. The molecule has 0 saturated heterocycles. The fourth-order valence-electron chi connectivity index (χ4n) is 1.76. The van der Waals surface area contributed by atoms with E-state index in [1.54, 1.807) is 19.1 Å². The molecule has 1 amide bonds. The van der Waals surface area contributed by atoms with E-state index in [9.17, 15) is 9.18 Å². The van der Waals surface area contributed by atoms with Crippen LogP contribution in [0.25, 0.3) is 10.8 Å². The van der Waals surface area contributed by atoms with E-state index in [-0.39, 0.29) is 11.6 Å². The zero-order valence-electron chi connectivity index (χ0n) is 12.0. The number of carbonyl (C=O) groups excluding carboxylic acids is 1. The van der Waals surface area contributed by atoms with E-state index in [0.717, 1.165) is 16.6 Å². The summed E-state index contributed by atoms with van der Waals surface area (Å²) in [5.41, 5.74) is 0.148. The van der Waals surface area contributed by atoms with Gasteiger partial charge in [-0.25, -0.2) is 4.39 Å². The fraction of sp³-hybridized carbons (Fsp3) is 0.133. The van der Waals surface area contributed by atoms with Crippen molar-refractivity contribution in [3.63, 3.8) is 0 Å². The summed E-state index contributed by atoms with van der Waals surface area (Å²) in [7, 11) is 0. The van der Waals surface area contributed by atoms with Gasteiger partial charge in [0, 0.05) is 0 Å². The molecule has 1 N–H and O–H groups in total. The number of aromatic nitrogens is 2. The molecule has 0 bridgehead atoms. The van der Waals surface area contributed by atoms with E-state index < -0.39 is 11.1 Å². The van der Waals surface area contributed by atoms with E-state index in [0.29, 0.717) is 11.1 Å². The molecule has 0 radical (unpaired) electrons. The van der Waals surface area contributed by atoms with Gasteiger partial charge in [0.2, 0.25) is 5.91 Å². The number of rotatable bonds is 5. The van der Waals surface area contributed by atoms with Gasteiger partial charge in [-0.2, -0.15) is 0 Å². The van der Waals surface area contributed by atoms with Crippen molar-refractivity contribution in [3.05, 3.63) is 47.6 Å². The quantitative estimate of drug-likeness (QED) is 0.704. The van der Waals surface area contributed by atoms with Gasteiger partial charge in [-0.3, -0.25) is 4.79 Å². The number of amides is 1. The van der Waals surface area contributed by atoms with E-state index >= 15 is 0 Å². The molecule has 0 spiro atoms. The molecule has 0 unspecified atom stereocenters. The van der Waals surface area contributed by atoms with Crippen molar-refractivity contribution in [3.8, 4) is 10.8 Å². The van der Waals surface area contributed by atoms with Crippen LogP contribution in [0, 0.1) is 5.82 Å². The number of benzene rings is 1. The van der Waals surface area contributed by atoms with Crippen LogP contribution in [0.15, 0.2) is 51.4 Å². The first kappa shape index (κ1) is 15.7. The summed E-state index contributed by atoms with van der Waals surface area (Å²) in [6.45, 7) is 1.69. The van der Waals surface area contributed by atoms with E-state index in [1.165, 1.54) is 23.5 Å². The number of hydrogen-bond acceptors (Lipinski definition) is 6. The van der Waals surface area contributed by atoms with Crippen LogP contribution in [0.3, 0.4) is 0 Å². The molecule has 0 aliphatic carbocycles. The summed E-state index contributed by atoms with van der Waals surface area (Å²) in [5.74, 6) is -0.393. The lowest BCUT2D eigenvalue weighted by Crippen LogP contribution is -2.22. The van der Waals surface area contributed by atoms with Crippen LogP contribution in [-0.2, 0) is 4.79 Å². The molecule has 2 aromatic heterocycles. The van der Waals surface area contributed by atoms with Crippen LogP contribution in [-0.4, -0.2) is 21.4 Å². The van der Waals surface area contributed by atoms with Gasteiger partial charge in [0.15, 0.2) is 0 Å². The molecule has 3 rings (SSSR count). The lowest BCUT2D eigenvalue weighted by molar-refractivity contribution is -0.115. The molecule has 8 heteroatoms. The van der Waals surface area contributed by atoms with Gasteiger partial charge in [-0.05, 0) is 30.5 Å². The molecule has 0 fully saturated rings. The largest absolute Gasteiger partial charge is 0.410 e. The number of anilines is 1. The molecule has 1 aromatic carbocycles. The Bertz CT molecular complexity index is 805. The number of thioether (sulfide) groups is 1. The van der Waals surface area contributed by atoms with E-state index in [1.807, 2.05) is 17.5 Å². The summed E-state index contributed by atoms with van der Waals surface area (Å²) in [6.07, 6.45) is 0. The minimum absolute atomic E-state index is 0.148. The van der Waals surface area contributed by atoms with Gasteiger partial charge in [0.05, 0.1) is 15.8 Å². The Hall–Kier alpha value is -2.19. The highest BCUT2D eigenvalue weighted by Crippen LogP contribution is 2.28. The maximum Gasteiger partial charge on any atom is 0.277 e. The molecule has 23 heavy (non-hydrogen) atoms. The third-order valence-electron chi connectivity index (χ3n) is 2.92. The Kier molecular flexibility index (Phi) is 4.73. The van der Waals surface area contributed by atoms with E-state index in [4.69, 9.17) is 4.42 Å². The molecule has 2 heterocycles. The second-order valence-corrected chi connectivity index (χ2v) is 6.82. The smallest absolute Gasteiger partial charge is 0.277 e. The van der Waals surface area contributed by atoms with E-state index in [2.05, 4.69) is 15.5 Å². The van der Waals surface area contributed by atoms with Crippen LogP contribution < -0.4 is 5.32 Å². The molecule has 0 saturated carbocycles. The van der Waals surface area contributed by atoms with Gasteiger partial charge < -0.3 is 9.73 Å². The van der Waals surface area contributed by atoms with Crippen molar-refractivity contribution in [1.29, 1.82) is 0 Å². The van der Waals surface area contributed by atoms with Crippen LogP contribution in [0.4, 0.5) is 10.1 Å². The Morgan fingerprint density at radius 3 is 2.87 bits per heavy atom. The Morgan fingerprint density at radius 1 is 1.30 bits per heavy atom. The van der Waals surface area contributed by atoms with Crippen molar-refractivity contribution in [2.45, 2.75) is 17.4 Å². The van der Waals surface area contributed by atoms with Gasteiger partial charge >= 0.3 is 0 Å². The number of nitrogens with one attached hydrogen (secondary N) is 1. The lowest BCUT2D eigenvalue weighted by Gasteiger charge is -2.10. The zero-order valence-corrected chi connectivity index (χ0v) is 13.7. The van der Waals surface area contributed by atoms with Crippen LogP contribution in [0.2, 0.25) is 0 Å². The highest BCUT2D eigenvalue weighted by Gasteiger charge is 2.19. The van der Waals surface area contributed by atoms with Gasteiger partial charge in [0.25, 0.3) is 11.1 Å². The molecule has 0 aliphatic rings. The Labute approximate surface area is 139 Å². The molecular formula is C15H12FN3O2S2. The zero-order chi connectivity index (χ0) is 16.2. The molecule has 118 valence electrons. The third kappa shape index (κ3) is 3.77. The maximum absolute atomic E-state index is 13.5. The van der Waals surface area contributed by atoms with Crippen molar-refractivity contribution in [2.75, 3.05) is 5.32 Å². The average molecular weight is 349 g/mol. The minimum atomic E-state index is -0.508. The number of halogens is 1. The Morgan fingerprint density at radius 2 is 2.13 bits per heavy atom. The number of nitrogens with zero attached hydrogens (tertiary/aromatic N) is 2. The summed E-state index contributed by atoms with van der Waals surface area (Å²) in [5, 5.41) is 12.1. The minimum Gasteiger partial charge on any atom is -0.410 e.